The van der Waals surface area contributed by atoms with Crippen molar-refractivity contribution in [3.63, 3.8) is 0 Å². The second-order valence-corrected chi connectivity index (χ2v) is 4.38. The molecule has 0 saturated carbocycles. The van der Waals surface area contributed by atoms with Crippen LogP contribution >= 0.6 is 0 Å². The minimum absolute atomic E-state index is 0.0584. The number of hydrogen-bond acceptors (Lipinski definition) is 4. The average molecular weight is 226 g/mol. The highest BCUT2D eigenvalue weighted by Crippen LogP contribution is 1.99. The van der Waals surface area contributed by atoms with E-state index in [4.69, 9.17) is 0 Å². The maximum absolute atomic E-state index is 12.5. The van der Waals surface area contributed by atoms with Crippen molar-refractivity contribution in [3.05, 3.63) is 18.2 Å². The van der Waals surface area contributed by atoms with Gasteiger partial charge in [-0.2, -0.15) is 0 Å². The van der Waals surface area contributed by atoms with Gasteiger partial charge in [-0.15, -0.1) is 0 Å². The van der Waals surface area contributed by atoms with E-state index in [0.29, 0.717) is 0 Å². The summed E-state index contributed by atoms with van der Waals surface area (Å²) in [7, 11) is 0. The zero-order valence-corrected chi connectivity index (χ0v) is 9.54. The molecule has 16 heavy (non-hydrogen) atoms. The maximum Gasteiger partial charge on any atom is 0.239 e. The van der Waals surface area contributed by atoms with Gasteiger partial charge in [-0.25, -0.2) is 14.4 Å². The number of carbonyl (C=O) groups is 1. The van der Waals surface area contributed by atoms with Gasteiger partial charge in [0.05, 0.1) is 18.9 Å². The van der Waals surface area contributed by atoms with Crippen LogP contribution in [0.5, 0.6) is 0 Å². The lowest BCUT2D eigenvalue weighted by molar-refractivity contribution is -0.120. The Balaban J connectivity index is 2.40. The Labute approximate surface area is 93.5 Å². The van der Waals surface area contributed by atoms with Crippen LogP contribution in [0.3, 0.4) is 0 Å². The van der Waals surface area contributed by atoms with E-state index in [0.717, 1.165) is 12.4 Å². The second-order valence-electron chi connectivity index (χ2n) is 4.38. The first-order valence-electron chi connectivity index (χ1n) is 4.89. The molecule has 0 saturated heterocycles. The van der Waals surface area contributed by atoms with Crippen molar-refractivity contribution in [1.82, 2.24) is 15.3 Å². The van der Waals surface area contributed by atoms with Crippen molar-refractivity contribution in [2.75, 3.05) is 11.9 Å². The summed E-state index contributed by atoms with van der Waals surface area (Å²) in [6.45, 7) is 5.72. The molecule has 0 radical (unpaired) electrons. The first kappa shape index (κ1) is 12.4. The van der Waals surface area contributed by atoms with Crippen molar-refractivity contribution in [1.29, 1.82) is 0 Å². The standard InChI is InChI=1S/C10H15FN4O/c1-10(2,3)15-8(16)6-14-9-12-4-7(11)5-13-9/h4-5H,6H2,1-3H3,(H,15,16)(H,12,13,14). The summed E-state index contributed by atoms with van der Waals surface area (Å²) >= 11 is 0. The third-order valence-corrected chi connectivity index (χ3v) is 1.54. The molecule has 2 N–H and O–H groups in total. The molecule has 0 fully saturated rings. The molecule has 0 bridgehead atoms. The van der Waals surface area contributed by atoms with Gasteiger partial charge < -0.3 is 10.6 Å². The number of aromatic nitrogens is 2. The first-order chi connectivity index (χ1) is 7.37. The lowest BCUT2D eigenvalue weighted by Gasteiger charge is -2.20. The summed E-state index contributed by atoms with van der Waals surface area (Å²) in [4.78, 5) is 18.7. The first-order valence-corrected chi connectivity index (χ1v) is 4.89. The smallest absolute Gasteiger partial charge is 0.239 e. The molecule has 6 heteroatoms. The fourth-order valence-corrected chi connectivity index (χ4v) is 1.03. The highest BCUT2D eigenvalue weighted by Gasteiger charge is 2.13. The van der Waals surface area contributed by atoms with Gasteiger partial charge in [0.1, 0.15) is 0 Å². The highest BCUT2D eigenvalue weighted by atomic mass is 19.1. The van der Waals surface area contributed by atoms with E-state index in [9.17, 15) is 9.18 Å². The molecule has 1 amide bonds. The van der Waals surface area contributed by atoms with Gasteiger partial charge in [-0.3, -0.25) is 4.79 Å². The maximum atomic E-state index is 12.5. The number of carbonyl (C=O) groups excluding carboxylic acids is 1. The molecule has 0 atom stereocenters. The fourth-order valence-electron chi connectivity index (χ4n) is 1.03. The number of anilines is 1. The van der Waals surface area contributed by atoms with Gasteiger partial charge in [0.15, 0.2) is 5.82 Å². The lowest BCUT2D eigenvalue weighted by Crippen LogP contribution is -2.43. The summed E-state index contributed by atoms with van der Waals surface area (Å²) in [5.41, 5.74) is -0.275. The van der Waals surface area contributed by atoms with E-state index in [1.54, 1.807) is 0 Å². The van der Waals surface area contributed by atoms with Crippen molar-refractivity contribution in [3.8, 4) is 0 Å². The molecular weight excluding hydrogens is 211 g/mol. The zero-order chi connectivity index (χ0) is 12.2. The van der Waals surface area contributed by atoms with Gasteiger partial charge in [-0.1, -0.05) is 0 Å². The van der Waals surface area contributed by atoms with Crippen LogP contribution in [0.15, 0.2) is 12.4 Å². The quantitative estimate of drug-likeness (QED) is 0.805. The number of rotatable bonds is 3. The number of nitrogens with one attached hydrogen (secondary N) is 2. The van der Waals surface area contributed by atoms with Crippen molar-refractivity contribution in [2.45, 2.75) is 26.3 Å². The summed E-state index contributed by atoms with van der Waals surface area (Å²) in [5.74, 6) is -0.449. The molecule has 1 rings (SSSR count). The Kier molecular flexibility index (Phi) is 3.76. The molecule has 0 aliphatic rings. The Morgan fingerprint density at radius 3 is 2.44 bits per heavy atom. The predicted molar refractivity (Wildman–Crippen MR) is 58.4 cm³/mol. The molecule has 88 valence electrons. The van der Waals surface area contributed by atoms with Crippen LogP contribution in [-0.4, -0.2) is 28.0 Å². The molecular formula is C10H15FN4O. The highest BCUT2D eigenvalue weighted by molar-refractivity contribution is 5.80. The van der Waals surface area contributed by atoms with Crippen molar-refractivity contribution in [2.24, 2.45) is 0 Å². The van der Waals surface area contributed by atoms with Crippen molar-refractivity contribution >= 4 is 11.9 Å². The summed E-state index contributed by atoms with van der Waals surface area (Å²) in [6, 6.07) is 0. The minimum Gasteiger partial charge on any atom is -0.350 e. The van der Waals surface area contributed by atoms with Crippen LogP contribution in [0, 0.1) is 5.82 Å². The largest absolute Gasteiger partial charge is 0.350 e. The second kappa shape index (κ2) is 4.87. The van der Waals surface area contributed by atoms with Crippen LogP contribution in [0.25, 0.3) is 0 Å². The number of amides is 1. The van der Waals surface area contributed by atoms with Gasteiger partial charge in [0, 0.05) is 5.54 Å². The third-order valence-electron chi connectivity index (χ3n) is 1.54. The predicted octanol–water partition coefficient (Wildman–Crippen LogP) is 0.942. The van der Waals surface area contributed by atoms with Crippen LogP contribution < -0.4 is 10.6 Å². The van der Waals surface area contributed by atoms with Gasteiger partial charge in [0.2, 0.25) is 11.9 Å². The number of hydrogen-bond donors (Lipinski definition) is 2. The molecule has 1 aromatic rings. The van der Waals surface area contributed by atoms with E-state index in [1.165, 1.54) is 0 Å². The summed E-state index contributed by atoms with van der Waals surface area (Å²) in [6.07, 6.45) is 2.08. The fraction of sp³-hybridized carbons (Fsp3) is 0.500. The van der Waals surface area contributed by atoms with E-state index in [-0.39, 0.29) is 23.9 Å². The van der Waals surface area contributed by atoms with E-state index >= 15 is 0 Å². The third kappa shape index (κ3) is 4.68. The molecule has 0 unspecified atom stereocenters. The lowest BCUT2D eigenvalue weighted by atomic mass is 10.1. The zero-order valence-electron chi connectivity index (χ0n) is 9.54. The Hall–Kier alpha value is -1.72. The molecule has 0 aliphatic heterocycles. The average Bonchev–Trinajstić information content (AvgIpc) is 2.14. The van der Waals surface area contributed by atoms with E-state index in [1.807, 2.05) is 20.8 Å². The molecule has 1 aromatic heterocycles. The Morgan fingerprint density at radius 2 is 1.94 bits per heavy atom. The molecule has 0 aliphatic carbocycles. The minimum atomic E-state index is -0.510. The van der Waals surface area contributed by atoms with Gasteiger partial charge in [0.25, 0.3) is 0 Å². The van der Waals surface area contributed by atoms with E-state index < -0.39 is 5.82 Å². The Bertz CT molecular complexity index is 358. The van der Waals surface area contributed by atoms with Crippen molar-refractivity contribution < 1.29 is 9.18 Å². The molecule has 0 aromatic carbocycles. The summed E-state index contributed by atoms with van der Waals surface area (Å²) in [5, 5.41) is 5.46. The monoisotopic (exact) mass is 226 g/mol. The van der Waals surface area contributed by atoms with Crippen LogP contribution in [0.4, 0.5) is 10.3 Å². The molecule has 0 spiro atoms. The van der Waals surface area contributed by atoms with Crippen LogP contribution in [0.1, 0.15) is 20.8 Å². The number of nitrogens with zero attached hydrogens (tertiary/aromatic N) is 2. The van der Waals surface area contributed by atoms with Crippen LogP contribution in [0.2, 0.25) is 0 Å². The molecule has 1 heterocycles. The normalized spacial score (nSPS) is 11.0. The molecule has 5 nitrogen and oxygen atoms in total. The van der Waals surface area contributed by atoms with E-state index in [2.05, 4.69) is 20.6 Å². The summed E-state index contributed by atoms with van der Waals surface area (Å²) < 4.78 is 12.5. The van der Waals surface area contributed by atoms with Crippen LogP contribution in [-0.2, 0) is 4.79 Å². The SMILES string of the molecule is CC(C)(C)NC(=O)CNc1ncc(F)cn1. The van der Waals surface area contributed by atoms with Gasteiger partial charge in [-0.05, 0) is 20.8 Å². The Morgan fingerprint density at radius 1 is 1.38 bits per heavy atom. The van der Waals surface area contributed by atoms with Gasteiger partial charge >= 0.3 is 0 Å². The topological polar surface area (TPSA) is 66.9 Å². The number of halogens is 1.